The fourth-order valence-corrected chi connectivity index (χ4v) is 6.41. The zero-order valence-corrected chi connectivity index (χ0v) is 22.4. The Morgan fingerprint density at radius 3 is 1.79 bits per heavy atom. The molecular formula is C31H52N2O. The number of carbonyl (C=O) groups is 1. The van der Waals surface area contributed by atoms with Crippen LogP contribution in [0.25, 0.3) is 0 Å². The first-order chi connectivity index (χ1) is 16.7. The van der Waals surface area contributed by atoms with E-state index in [4.69, 9.17) is 4.98 Å². The van der Waals surface area contributed by atoms with E-state index in [0.29, 0.717) is 5.92 Å². The monoisotopic (exact) mass is 468 g/mol. The summed E-state index contributed by atoms with van der Waals surface area (Å²) in [5.74, 6) is 0.984. The minimum Gasteiger partial charge on any atom is -0.324 e. The topological polar surface area (TPSA) is 42.0 Å². The van der Waals surface area contributed by atoms with Crippen molar-refractivity contribution in [1.29, 1.82) is 0 Å². The third-order valence-electron chi connectivity index (χ3n) is 8.40. The zero-order chi connectivity index (χ0) is 24.0. The molecule has 34 heavy (non-hydrogen) atoms. The standard InChI is InChI=1S/C31H52N2O/c1-3-19-27-28(4-2)32-24-29(30(27)25-20-15-11-7-5-8-12-16-21-25)33-31(34)26-22-17-13-9-6-10-14-18-23-26/h24-26H,3-23H2,1-2H3,(H,33,34). The number of rotatable bonds is 6. The molecule has 2 aliphatic carbocycles. The minimum atomic E-state index is 0.162. The molecular weight excluding hydrogens is 416 g/mol. The number of nitrogens with zero attached hydrogens (tertiary/aromatic N) is 1. The van der Waals surface area contributed by atoms with Crippen molar-refractivity contribution < 1.29 is 4.79 Å². The van der Waals surface area contributed by atoms with Crippen LogP contribution in [0.15, 0.2) is 6.20 Å². The van der Waals surface area contributed by atoms with Crippen molar-refractivity contribution in [2.24, 2.45) is 5.92 Å². The molecule has 2 saturated carbocycles. The Morgan fingerprint density at radius 2 is 1.29 bits per heavy atom. The summed E-state index contributed by atoms with van der Waals surface area (Å²) in [5, 5.41) is 3.47. The van der Waals surface area contributed by atoms with Gasteiger partial charge in [0.05, 0.1) is 11.9 Å². The Hall–Kier alpha value is -1.38. The van der Waals surface area contributed by atoms with Crippen LogP contribution in [0.2, 0.25) is 0 Å². The van der Waals surface area contributed by atoms with Gasteiger partial charge >= 0.3 is 0 Å². The summed E-state index contributed by atoms with van der Waals surface area (Å²) in [4.78, 5) is 18.5. The molecule has 0 bridgehead atoms. The van der Waals surface area contributed by atoms with Gasteiger partial charge in [0, 0.05) is 11.6 Å². The van der Waals surface area contributed by atoms with E-state index in [9.17, 15) is 4.79 Å². The van der Waals surface area contributed by atoms with Crippen molar-refractivity contribution in [3.8, 4) is 0 Å². The fourth-order valence-electron chi connectivity index (χ4n) is 6.41. The van der Waals surface area contributed by atoms with E-state index < -0.39 is 0 Å². The highest BCUT2D eigenvalue weighted by Gasteiger charge is 2.25. The maximum Gasteiger partial charge on any atom is 0.227 e. The van der Waals surface area contributed by atoms with Crippen molar-refractivity contribution in [3.05, 3.63) is 23.0 Å². The van der Waals surface area contributed by atoms with Crippen LogP contribution in [0, 0.1) is 5.92 Å². The van der Waals surface area contributed by atoms with Crippen molar-refractivity contribution >= 4 is 11.6 Å². The first-order valence-electron chi connectivity index (χ1n) is 15.1. The van der Waals surface area contributed by atoms with Gasteiger partial charge in [-0.3, -0.25) is 9.78 Å². The molecule has 1 heterocycles. The molecule has 0 aliphatic heterocycles. The molecule has 1 amide bonds. The van der Waals surface area contributed by atoms with E-state index >= 15 is 0 Å². The lowest BCUT2D eigenvalue weighted by atomic mass is 9.82. The van der Waals surface area contributed by atoms with Gasteiger partial charge in [0.2, 0.25) is 5.91 Å². The summed E-state index contributed by atoms with van der Waals surface area (Å²) in [7, 11) is 0. The highest BCUT2D eigenvalue weighted by Crippen LogP contribution is 2.38. The van der Waals surface area contributed by atoms with Gasteiger partial charge in [0.1, 0.15) is 0 Å². The van der Waals surface area contributed by atoms with Crippen molar-refractivity contribution in [2.45, 2.75) is 155 Å². The Kier molecular flexibility index (Phi) is 12.5. The molecule has 0 radical (unpaired) electrons. The van der Waals surface area contributed by atoms with Crippen molar-refractivity contribution in [3.63, 3.8) is 0 Å². The van der Waals surface area contributed by atoms with E-state index in [1.165, 1.54) is 120 Å². The Bertz CT molecular complexity index is 708. The normalized spacial score (nSPS) is 20.5. The second kappa shape index (κ2) is 15.6. The van der Waals surface area contributed by atoms with E-state index in [2.05, 4.69) is 19.2 Å². The Balaban J connectivity index is 1.87. The van der Waals surface area contributed by atoms with Crippen molar-refractivity contribution in [2.75, 3.05) is 5.32 Å². The smallest absolute Gasteiger partial charge is 0.227 e. The number of hydrogen-bond acceptors (Lipinski definition) is 2. The maximum absolute atomic E-state index is 13.6. The molecule has 1 aromatic heterocycles. The second-order valence-corrected chi connectivity index (χ2v) is 11.1. The Labute approximate surface area is 210 Å². The van der Waals surface area contributed by atoms with Gasteiger partial charge in [0.25, 0.3) is 0 Å². The third kappa shape index (κ3) is 8.38. The quantitative estimate of drug-likeness (QED) is 0.452. The summed E-state index contributed by atoms with van der Waals surface area (Å²) in [6, 6.07) is 0. The number of hydrogen-bond donors (Lipinski definition) is 1. The number of carbonyl (C=O) groups excluding carboxylic acids is 1. The van der Waals surface area contributed by atoms with Crippen molar-refractivity contribution in [1.82, 2.24) is 4.98 Å². The number of amides is 1. The predicted octanol–water partition coefficient (Wildman–Crippen LogP) is 9.28. The number of pyridine rings is 1. The summed E-state index contributed by atoms with van der Waals surface area (Å²) < 4.78 is 0. The number of nitrogens with one attached hydrogen (secondary N) is 1. The van der Waals surface area contributed by atoms with Crippen LogP contribution in [-0.2, 0) is 17.6 Å². The molecule has 1 aromatic rings. The third-order valence-corrected chi connectivity index (χ3v) is 8.40. The summed E-state index contributed by atoms with van der Waals surface area (Å²) in [5.41, 5.74) is 5.22. The van der Waals surface area contributed by atoms with Crippen LogP contribution in [0.1, 0.15) is 159 Å². The van der Waals surface area contributed by atoms with E-state index in [-0.39, 0.29) is 11.8 Å². The molecule has 192 valence electrons. The predicted molar refractivity (Wildman–Crippen MR) is 146 cm³/mol. The van der Waals surface area contributed by atoms with Gasteiger partial charge in [-0.15, -0.1) is 0 Å². The summed E-state index contributed by atoms with van der Waals surface area (Å²) in [6.45, 7) is 4.51. The number of aromatic nitrogens is 1. The molecule has 0 unspecified atom stereocenters. The average Bonchev–Trinajstić information content (AvgIpc) is 2.86. The van der Waals surface area contributed by atoms with Gasteiger partial charge in [-0.1, -0.05) is 110 Å². The molecule has 3 nitrogen and oxygen atoms in total. The first-order valence-corrected chi connectivity index (χ1v) is 15.1. The highest BCUT2D eigenvalue weighted by atomic mass is 16.1. The van der Waals surface area contributed by atoms with Crippen LogP contribution in [0.3, 0.4) is 0 Å². The van der Waals surface area contributed by atoms with Crippen LogP contribution in [0.5, 0.6) is 0 Å². The lowest BCUT2D eigenvalue weighted by Gasteiger charge is -2.27. The number of aryl methyl sites for hydroxylation is 1. The molecule has 0 aromatic carbocycles. The minimum absolute atomic E-state index is 0.162. The lowest BCUT2D eigenvalue weighted by molar-refractivity contribution is -0.120. The molecule has 0 saturated heterocycles. The van der Waals surface area contributed by atoms with E-state index in [0.717, 1.165) is 37.8 Å². The van der Waals surface area contributed by atoms with Crippen LogP contribution in [-0.4, -0.2) is 10.9 Å². The largest absolute Gasteiger partial charge is 0.324 e. The van der Waals surface area contributed by atoms with Gasteiger partial charge in [-0.05, 0) is 55.6 Å². The lowest BCUT2D eigenvalue weighted by Crippen LogP contribution is -2.25. The fraction of sp³-hybridized carbons (Fsp3) is 0.806. The molecule has 1 N–H and O–H groups in total. The molecule has 0 spiro atoms. The van der Waals surface area contributed by atoms with Crippen LogP contribution < -0.4 is 5.32 Å². The highest BCUT2D eigenvalue weighted by molar-refractivity contribution is 5.93. The second-order valence-electron chi connectivity index (χ2n) is 11.1. The molecule has 2 fully saturated rings. The molecule has 3 heteroatoms. The van der Waals surface area contributed by atoms with Gasteiger partial charge in [0.15, 0.2) is 0 Å². The molecule has 2 aliphatic rings. The van der Waals surface area contributed by atoms with E-state index in [1.807, 2.05) is 6.20 Å². The maximum atomic E-state index is 13.6. The Morgan fingerprint density at radius 1 is 0.794 bits per heavy atom. The van der Waals surface area contributed by atoms with Gasteiger partial charge in [-0.2, -0.15) is 0 Å². The SMILES string of the molecule is CCCc1c(CC)ncc(NC(=O)C2CCCCCCCCC2)c1C1CCCCCCCCC1. The zero-order valence-electron chi connectivity index (χ0n) is 22.4. The van der Waals surface area contributed by atoms with Crippen LogP contribution in [0.4, 0.5) is 5.69 Å². The van der Waals surface area contributed by atoms with Gasteiger partial charge < -0.3 is 5.32 Å². The number of anilines is 1. The summed E-state index contributed by atoms with van der Waals surface area (Å²) >= 11 is 0. The first kappa shape index (κ1) is 27.2. The molecule has 3 rings (SSSR count). The summed E-state index contributed by atoms with van der Waals surface area (Å²) in [6.07, 6.45) is 28.3. The molecule has 0 atom stereocenters. The van der Waals surface area contributed by atoms with E-state index in [1.54, 1.807) is 0 Å². The van der Waals surface area contributed by atoms with Crippen LogP contribution >= 0.6 is 0 Å². The van der Waals surface area contributed by atoms with Gasteiger partial charge in [-0.25, -0.2) is 0 Å². The average molecular weight is 469 g/mol.